The molecule has 3 nitrogen and oxygen atoms in total. The summed E-state index contributed by atoms with van der Waals surface area (Å²) in [7, 11) is 2.08. The minimum atomic E-state index is 0.190. The van der Waals surface area contributed by atoms with E-state index in [0.29, 0.717) is 0 Å². The van der Waals surface area contributed by atoms with E-state index in [9.17, 15) is 4.79 Å². The van der Waals surface area contributed by atoms with Crippen LogP contribution in [0.1, 0.15) is 18.9 Å². The first-order valence-corrected chi connectivity index (χ1v) is 11.2. The van der Waals surface area contributed by atoms with E-state index in [1.807, 2.05) is 11.8 Å². The molecular formula is C23H23N2OS2+. The molecule has 5 heteroatoms. The summed E-state index contributed by atoms with van der Waals surface area (Å²) in [5.74, 6) is 0.857. The third kappa shape index (κ3) is 3.96. The number of benzene rings is 2. The average molecular weight is 408 g/mol. The first kappa shape index (κ1) is 19.1. The molecule has 3 aromatic rings. The number of fused-ring (bicyclic) bond motifs is 2. The number of carbonyl (C=O) groups is 1. The van der Waals surface area contributed by atoms with Gasteiger partial charge in [-0.05, 0) is 36.3 Å². The molecule has 0 fully saturated rings. The Morgan fingerprint density at radius 3 is 2.79 bits per heavy atom. The van der Waals surface area contributed by atoms with E-state index in [1.165, 1.54) is 43.8 Å². The van der Waals surface area contributed by atoms with Crippen LogP contribution in [0.4, 0.5) is 5.69 Å². The van der Waals surface area contributed by atoms with Crippen molar-refractivity contribution >= 4 is 51.3 Å². The fraction of sp³-hybridized carbons (Fsp3) is 0.217. The predicted octanol–water partition coefficient (Wildman–Crippen LogP) is 5.24. The number of thioether (sulfide) groups is 2. The molecule has 1 aliphatic rings. The lowest BCUT2D eigenvalue weighted by Gasteiger charge is -2.20. The van der Waals surface area contributed by atoms with Crippen LogP contribution >= 0.6 is 23.5 Å². The summed E-state index contributed by atoms with van der Waals surface area (Å²) in [6, 6.07) is 19.3. The van der Waals surface area contributed by atoms with Crippen molar-refractivity contribution in [1.29, 1.82) is 0 Å². The number of aryl methyl sites for hydroxylation is 1. The minimum absolute atomic E-state index is 0.190. The van der Waals surface area contributed by atoms with E-state index in [1.54, 1.807) is 6.92 Å². The molecule has 0 saturated heterocycles. The lowest BCUT2D eigenvalue weighted by atomic mass is 10.1. The zero-order valence-corrected chi connectivity index (χ0v) is 17.7. The molecule has 1 aliphatic heterocycles. The van der Waals surface area contributed by atoms with Crippen LogP contribution in [0.15, 0.2) is 70.7 Å². The van der Waals surface area contributed by atoms with E-state index >= 15 is 0 Å². The largest absolute Gasteiger partial charge is 0.335 e. The molecule has 0 bridgehead atoms. The van der Waals surface area contributed by atoms with Crippen LogP contribution in [0.3, 0.4) is 0 Å². The van der Waals surface area contributed by atoms with Crippen LogP contribution < -0.4 is 9.47 Å². The van der Waals surface area contributed by atoms with Crippen molar-refractivity contribution in [3.8, 4) is 0 Å². The summed E-state index contributed by atoms with van der Waals surface area (Å²) in [6.45, 7) is 2.55. The zero-order chi connectivity index (χ0) is 19.5. The predicted molar refractivity (Wildman–Crippen MR) is 121 cm³/mol. The Morgan fingerprint density at radius 2 is 1.93 bits per heavy atom. The van der Waals surface area contributed by atoms with Crippen LogP contribution in [-0.2, 0) is 11.8 Å². The smallest absolute Gasteiger partial charge is 0.212 e. The highest BCUT2D eigenvalue weighted by molar-refractivity contribution is 8.13. The van der Waals surface area contributed by atoms with Gasteiger partial charge < -0.3 is 4.90 Å². The van der Waals surface area contributed by atoms with Crippen LogP contribution in [-0.4, -0.2) is 17.4 Å². The number of hydrogen-bond donors (Lipinski definition) is 0. The molecular weight excluding hydrogens is 384 g/mol. The van der Waals surface area contributed by atoms with Gasteiger partial charge in [-0.25, -0.2) is 4.57 Å². The number of carbonyl (C=O) groups excluding carboxylic acids is 1. The molecule has 0 radical (unpaired) electrons. The summed E-state index contributed by atoms with van der Waals surface area (Å²) < 4.78 is 2.16. The van der Waals surface area contributed by atoms with Crippen LogP contribution in [0.25, 0.3) is 17.0 Å². The Labute approximate surface area is 174 Å². The van der Waals surface area contributed by atoms with Crippen molar-refractivity contribution in [2.45, 2.75) is 18.2 Å². The Balaban J connectivity index is 1.68. The van der Waals surface area contributed by atoms with Crippen LogP contribution in [0.5, 0.6) is 0 Å². The molecule has 0 aliphatic carbocycles. The fourth-order valence-corrected chi connectivity index (χ4v) is 5.18. The van der Waals surface area contributed by atoms with Crippen molar-refractivity contribution in [2.24, 2.45) is 7.05 Å². The van der Waals surface area contributed by atoms with Crippen LogP contribution in [0.2, 0.25) is 0 Å². The molecule has 0 unspecified atom stereocenters. The minimum Gasteiger partial charge on any atom is -0.335 e. The van der Waals surface area contributed by atoms with Gasteiger partial charge in [0, 0.05) is 36.2 Å². The van der Waals surface area contributed by atoms with E-state index in [-0.39, 0.29) is 5.12 Å². The number of para-hydroxylation sites is 2. The van der Waals surface area contributed by atoms with Gasteiger partial charge in [0.1, 0.15) is 7.05 Å². The van der Waals surface area contributed by atoms with Crippen molar-refractivity contribution in [1.82, 2.24) is 0 Å². The Hall–Kier alpha value is -2.24. The van der Waals surface area contributed by atoms with E-state index < -0.39 is 0 Å². The van der Waals surface area contributed by atoms with Crippen LogP contribution in [0, 0.1) is 0 Å². The number of pyridine rings is 1. The maximum Gasteiger partial charge on any atom is 0.212 e. The second kappa shape index (κ2) is 8.41. The SMILES string of the molecule is CC(=O)SCCCN1/C(=C/c2cc[n+](C)c3ccccc23)Sc2ccccc21. The first-order valence-electron chi connectivity index (χ1n) is 9.40. The maximum absolute atomic E-state index is 11.2. The molecule has 0 saturated carbocycles. The molecule has 0 amide bonds. The van der Waals surface area contributed by atoms with E-state index in [2.05, 4.69) is 83.4 Å². The second-order valence-corrected chi connectivity index (χ2v) is 9.13. The molecule has 28 heavy (non-hydrogen) atoms. The Bertz CT molecular complexity index is 1060. The molecule has 0 N–H and O–H groups in total. The van der Waals surface area contributed by atoms with Gasteiger partial charge in [0.2, 0.25) is 5.52 Å². The number of aromatic nitrogens is 1. The van der Waals surface area contributed by atoms with Gasteiger partial charge in [0.05, 0.1) is 16.1 Å². The Morgan fingerprint density at radius 1 is 1.14 bits per heavy atom. The standard InChI is InChI=1S/C23H23N2OS2/c1-17(26)27-15-7-13-25-21-10-5-6-11-22(21)28-23(25)16-18-12-14-24(2)20-9-4-3-8-19(18)20/h3-6,8-12,14,16H,7,13,15H2,1-2H3/q+1. The van der Waals surface area contributed by atoms with E-state index in [0.717, 1.165) is 18.7 Å². The number of anilines is 1. The first-order chi connectivity index (χ1) is 13.6. The van der Waals surface area contributed by atoms with Crippen molar-refractivity contribution in [3.05, 3.63) is 71.4 Å². The average Bonchev–Trinajstić information content (AvgIpc) is 3.05. The van der Waals surface area contributed by atoms with Gasteiger partial charge >= 0.3 is 0 Å². The number of hydrogen-bond acceptors (Lipinski definition) is 4. The molecule has 1 aromatic heterocycles. The highest BCUT2D eigenvalue weighted by Crippen LogP contribution is 2.46. The third-order valence-corrected chi connectivity index (χ3v) is 6.83. The monoisotopic (exact) mass is 407 g/mol. The number of rotatable bonds is 5. The van der Waals surface area contributed by atoms with Crippen molar-refractivity contribution < 1.29 is 9.36 Å². The Kier molecular flexibility index (Phi) is 5.74. The number of nitrogens with zero attached hydrogens (tertiary/aromatic N) is 2. The van der Waals surface area contributed by atoms with Gasteiger partial charge in [0.25, 0.3) is 0 Å². The summed E-state index contributed by atoms with van der Waals surface area (Å²) in [5.41, 5.74) is 3.71. The maximum atomic E-state index is 11.2. The molecule has 2 heterocycles. The quantitative estimate of drug-likeness (QED) is 0.426. The molecule has 0 spiro atoms. The lowest BCUT2D eigenvalue weighted by molar-refractivity contribution is -0.644. The summed E-state index contributed by atoms with van der Waals surface area (Å²) in [5, 5.41) is 2.69. The van der Waals surface area contributed by atoms with Gasteiger partial charge in [-0.15, -0.1) is 0 Å². The molecule has 142 valence electrons. The van der Waals surface area contributed by atoms with Gasteiger partial charge in [0.15, 0.2) is 11.3 Å². The van der Waals surface area contributed by atoms with Gasteiger partial charge in [-0.1, -0.05) is 47.8 Å². The van der Waals surface area contributed by atoms with Gasteiger partial charge in [-0.3, -0.25) is 4.79 Å². The van der Waals surface area contributed by atoms with Gasteiger partial charge in [-0.2, -0.15) is 0 Å². The molecule has 2 aromatic carbocycles. The normalized spacial score (nSPS) is 14.6. The van der Waals surface area contributed by atoms with Crippen molar-refractivity contribution in [3.63, 3.8) is 0 Å². The summed E-state index contributed by atoms with van der Waals surface area (Å²) >= 11 is 3.23. The zero-order valence-electron chi connectivity index (χ0n) is 16.1. The lowest BCUT2D eigenvalue weighted by Crippen LogP contribution is -2.28. The summed E-state index contributed by atoms with van der Waals surface area (Å²) in [6.07, 6.45) is 5.39. The second-order valence-electron chi connectivity index (χ2n) is 6.80. The molecule has 0 atom stereocenters. The third-order valence-electron chi connectivity index (χ3n) is 4.82. The topological polar surface area (TPSA) is 24.2 Å². The van der Waals surface area contributed by atoms with Crippen molar-refractivity contribution in [2.75, 3.05) is 17.2 Å². The fourth-order valence-electron chi connectivity index (χ4n) is 3.48. The summed E-state index contributed by atoms with van der Waals surface area (Å²) in [4.78, 5) is 14.9. The van der Waals surface area contributed by atoms with E-state index in [4.69, 9.17) is 0 Å². The molecule has 4 rings (SSSR count). The highest BCUT2D eigenvalue weighted by Gasteiger charge is 2.24. The highest BCUT2D eigenvalue weighted by atomic mass is 32.2.